The quantitative estimate of drug-likeness (QED) is 0.415. The number of nitro benzene ring substituents is 1. The maximum atomic E-state index is 12.3. The predicted molar refractivity (Wildman–Crippen MR) is 96.9 cm³/mol. The number of nitro groups is 1. The first-order valence-electron chi connectivity index (χ1n) is 7.33. The average molecular weight is 430 g/mol. The Kier molecular flexibility index (Phi) is 6.16. The topological polar surface area (TPSA) is 110 Å². The lowest BCUT2D eigenvalue weighted by Crippen LogP contribution is -2.41. The van der Waals surface area contributed by atoms with Crippen LogP contribution in [-0.4, -0.2) is 54.8 Å². The molecule has 1 fully saturated rings. The summed E-state index contributed by atoms with van der Waals surface area (Å²) in [6.45, 7) is 0.100. The van der Waals surface area contributed by atoms with Crippen LogP contribution in [0.25, 0.3) is 0 Å². The molecular formula is C15H16BrN3O5S. The maximum absolute atomic E-state index is 12.3. The zero-order valence-corrected chi connectivity index (χ0v) is 15.5. The Hall–Kier alpha value is -1.96. The van der Waals surface area contributed by atoms with E-state index in [9.17, 15) is 23.3 Å². The Morgan fingerprint density at radius 3 is 2.76 bits per heavy atom. The van der Waals surface area contributed by atoms with Gasteiger partial charge in [-0.2, -0.15) is 0 Å². The van der Waals surface area contributed by atoms with Crippen LogP contribution in [0.4, 0.5) is 11.4 Å². The molecule has 0 radical (unpaired) electrons. The van der Waals surface area contributed by atoms with Crippen molar-refractivity contribution in [3.63, 3.8) is 0 Å². The number of hydrogen-bond donors (Lipinski definition) is 1. The standard InChI is InChI=1S/C15H16BrN3O5S/c1-2-6-18(12-5-7-25(23,24)10-12)9-15(20)17-14-4-3-11(19(21)22)8-13(14)16/h1,3-4,8,12H,5-7,9-10H2,(H,17,20). The normalized spacial score (nSPS) is 18.7. The van der Waals surface area contributed by atoms with E-state index in [1.54, 1.807) is 4.90 Å². The van der Waals surface area contributed by atoms with Crippen LogP contribution in [0.3, 0.4) is 0 Å². The molecule has 8 nitrogen and oxygen atoms in total. The van der Waals surface area contributed by atoms with Crippen LogP contribution in [0.2, 0.25) is 0 Å². The Bertz CT molecular complexity index is 834. The number of sulfone groups is 1. The molecule has 1 aliphatic rings. The highest BCUT2D eigenvalue weighted by Crippen LogP contribution is 2.27. The number of nitrogens with one attached hydrogen (secondary N) is 1. The van der Waals surface area contributed by atoms with Crippen molar-refractivity contribution in [3.05, 3.63) is 32.8 Å². The number of terminal acetylenes is 1. The van der Waals surface area contributed by atoms with Gasteiger partial charge in [0.25, 0.3) is 5.69 Å². The summed E-state index contributed by atoms with van der Waals surface area (Å²) in [5, 5.41) is 13.4. The lowest BCUT2D eigenvalue weighted by molar-refractivity contribution is -0.384. The second kappa shape index (κ2) is 7.95. The predicted octanol–water partition coefficient (Wildman–Crippen LogP) is 1.42. The van der Waals surface area contributed by atoms with Crippen LogP contribution in [0.1, 0.15) is 6.42 Å². The number of benzene rings is 1. The van der Waals surface area contributed by atoms with Crippen LogP contribution >= 0.6 is 15.9 Å². The molecule has 134 valence electrons. The molecule has 2 rings (SSSR count). The third kappa shape index (κ3) is 5.26. The number of anilines is 1. The van der Waals surface area contributed by atoms with Gasteiger partial charge < -0.3 is 5.32 Å². The fourth-order valence-electron chi connectivity index (χ4n) is 2.59. The van der Waals surface area contributed by atoms with E-state index in [0.29, 0.717) is 16.6 Å². The minimum atomic E-state index is -3.09. The number of rotatable bonds is 6. The summed E-state index contributed by atoms with van der Waals surface area (Å²) in [5.41, 5.74) is 0.283. The molecule has 10 heteroatoms. The van der Waals surface area contributed by atoms with E-state index in [-0.39, 0.29) is 42.2 Å². The lowest BCUT2D eigenvalue weighted by Gasteiger charge is -2.25. The molecule has 1 atom stereocenters. The van der Waals surface area contributed by atoms with Gasteiger partial charge in [-0.15, -0.1) is 6.42 Å². The average Bonchev–Trinajstić information content (AvgIpc) is 2.88. The van der Waals surface area contributed by atoms with E-state index in [4.69, 9.17) is 6.42 Å². The van der Waals surface area contributed by atoms with E-state index >= 15 is 0 Å². The van der Waals surface area contributed by atoms with E-state index in [1.807, 2.05) is 0 Å². The molecule has 1 unspecified atom stereocenters. The van der Waals surface area contributed by atoms with Gasteiger partial charge in [-0.1, -0.05) is 5.92 Å². The van der Waals surface area contributed by atoms with Crippen LogP contribution < -0.4 is 5.32 Å². The smallest absolute Gasteiger partial charge is 0.270 e. The molecule has 1 aromatic rings. The molecule has 1 heterocycles. The first-order chi connectivity index (χ1) is 11.7. The molecule has 1 amide bonds. The van der Waals surface area contributed by atoms with Crippen molar-refractivity contribution in [2.24, 2.45) is 0 Å². The minimum Gasteiger partial charge on any atom is -0.324 e. The molecule has 1 N–H and O–H groups in total. The Morgan fingerprint density at radius 2 is 2.24 bits per heavy atom. The second-order valence-electron chi connectivity index (χ2n) is 5.64. The summed E-state index contributed by atoms with van der Waals surface area (Å²) in [4.78, 5) is 24.1. The van der Waals surface area contributed by atoms with Gasteiger partial charge in [-0.05, 0) is 28.4 Å². The first kappa shape index (κ1) is 19.4. The van der Waals surface area contributed by atoms with Crippen LogP contribution in [0, 0.1) is 22.5 Å². The molecule has 1 saturated heterocycles. The van der Waals surface area contributed by atoms with E-state index in [0.717, 1.165) is 0 Å². The van der Waals surface area contributed by atoms with Crippen molar-refractivity contribution in [1.82, 2.24) is 4.90 Å². The Morgan fingerprint density at radius 1 is 1.52 bits per heavy atom. The second-order valence-corrected chi connectivity index (χ2v) is 8.72. The fourth-order valence-corrected chi connectivity index (χ4v) is 4.82. The summed E-state index contributed by atoms with van der Waals surface area (Å²) >= 11 is 3.18. The molecule has 0 spiro atoms. The van der Waals surface area contributed by atoms with Crippen molar-refractivity contribution in [3.8, 4) is 12.3 Å². The molecule has 0 saturated carbocycles. The van der Waals surface area contributed by atoms with Crippen molar-refractivity contribution >= 4 is 43.0 Å². The zero-order valence-electron chi connectivity index (χ0n) is 13.1. The molecule has 25 heavy (non-hydrogen) atoms. The van der Waals surface area contributed by atoms with Crippen LogP contribution in [-0.2, 0) is 14.6 Å². The largest absolute Gasteiger partial charge is 0.324 e. The van der Waals surface area contributed by atoms with Gasteiger partial charge in [0.1, 0.15) is 0 Å². The van der Waals surface area contributed by atoms with E-state index in [2.05, 4.69) is 27.2 Å². The number of carbonyl (C=O) groups is 1. The van der Waals surface area contributed by atoms with Gasteiger partial charge in [-0.3, -0.25) is 19.8 Å². The number of carbonyl (C=O) groups excluding carboxylic acids is 1. The van der Waals surface area contributed by atoms with Gasteiger partial charge in [0.05, 0.1) is 35.2 Å². The third-order valence-electron chi connectivity index (χ3n) is 3.80. The molecule has 0 bridgehead atoms. The number of hydrogen-bond acceptors (Lipinski definition) is 6. The third-order valence-corrected chi connectivity index (χ3v) is 6.21. The maximum Gasteiger partial charge on any atom is 0.270 e. The summed E-state index contributed by atoms with van der Waals surface area (Å²) in [7, 11) is -3.09. The molecule has 1 aliphatic heterocycles. The summed E-state index contributed by atoms with van der Waals surface area (Å²) in [6.07, 6.45) is 5.76. The summed E-state index contributed by atoms with van der Waals surface area (Å²) in [5.74, 6) is 2.14. The Balaban J connectivity index is 2.04. The fraction of sp³-hybridized carbons (Fsp3) is 0.400. The van der Waals surface area contributed by atoms with Crippen molar-refractivity contribution in [2.75, 3.05) is 29.9 Å². The monoisotopic (exact) mass is 429 g/mol. The van der Waals surface area contributed by atoms with Gasteiger partial charge in [0.15, 0.2) is 9.84 Å². The highest BCUT2D eigenvalue weighted by Gasteiger charge is 2.32. The van der Waals surface area contributed by atoms with Crippen LogP contribution in [0.5, 0.6) is 0 Å². The molecule has 1 aromatic carbocycles. The number of nitrogens with zero attached hydrogens (tertiary/aromatic N) is 2. The summed E-state index contributed by atoms with van der Waals surface area (Å²) in [6, 6.07) is 3.71. The molecular weight excluding hydrogens is 414 g/mol. The highest BCUT2D eigenvalue weighted by molar-refractivity contribution is 9.10. The number of amides is 1. The lowest BCUT2D eigenvalue weighted by atomic mass is 10.2. The minimum absolute atomic E-state index is 0.0107. The highest BCUT2D eigenvalue weighted by atomic mass is 79.9. The van der Waals surface area contributed by atoms with Crippen molar-refractivity contribution < 1.29 is 18.1 Å². The zero-order chi connectivity index (χ0) is 18.6. The van der Waals surface area contributed by atoms with Gasteiger partial charge >= 0.3 is 0 Å². The van der Waals surface area contributed by atoms with Gasteiger partial charge in [0, 0.05) is 22.6 Å². The van der Waals surface area contributed by atoms with Crippen molar-refractivity contribution in [1.29, 1.82) is 0 Å². The van der Waals surface area contributed by atoms with Gasteiger partial charge in [-0.25, -0.2) is 8.42 Å². The number of non-ortho nitro benzene ring substituents is 1. The summed E-state index contributed by atoms with van der Waals surface area (Å²) < 4.78 is 23.6. The van der Waals surface area contributed by atoms with E-state index < -0.39 is 14.8 Å². The van der Waals surface area contributed by atoms with Gasteiger partial charge in [0.2, 0.25) is 5.91 Å². The van der Waals surface area contributed by atoms with Crippen LogP contribution in [0.15, 0.2) is 22.7 Å². The number of halogens is 1. The molecule has 0 aromatic heterocycles. The molecule has 0 aliphatic carbocycles. The van der Waals surface area contributed by atoms with E-state index in [1.165, 1.54) is 18.2 Å². The SMILES string of the molecule is C#CCN(CC(=O)Nc1ccc([N+](=O)[O-])cc1Br)C1CCS(=O)(=O)C1. The first-order valence-corrected chi connectivity index (χ1v) is 9.95. The Labute approximate surface area is 153 Å². The van der Waals surface area contributed by atoms with Crippen molar-refractivity contribution in [2.45, 2.75) is 12.5 Å².